The molecule has 0 saturated heterocycles. The van der Waals surface area contributed by atoms with Crippen molar-refractivity contribution in [1.29, 1.82) is 0 Å². The smallest absolute Gasteiger partial charge is 0.295 e. The molecule has 8 nitrogen and oxygen atoms in total. The summed E-state index contributed by atoms with van der Waals surface area (Å²) in [7, 11) is 1.72. The second-order valence-corrected chi connectivity index (χ2v) is 7.13. The maximum absolute atomic E-state index is 13.0. The molecule has 0 radical (unpaired) electrons. The van der Waals surface area contributed by atoms with Crippen molar-refractivity contribution in [2.24, 2.45) is 7.05 Å². The van der Waals surface area contributed by atoms with E-state index in [9.17, 15) is 19.2 Å². The molecule has 152 valence electrons. The molecule has 0 spiro atoms. The summed E-state index contributed by atoms with van der Waals surface area (Å²) in [4.78, 5) is 52.1. The summed E-state index contributed by atoms with van der Waals surface area (Å²) in [6, 6.07) is 14.4. The minimum absolute atomic E-state index is 0.106. The summed E-state index contributed by atoms with van der Waals surface area (Å²) < 4.78 is 3.08. The highest BCUT2D eigenvalue weighted by Crippen LogP contribution is 2.25. The van der Waals surface area contributed by atoms with E-state index in [0.717, 1.165) is 4.90 Å². The number of imide groups is 1. The predicted octanol–water partition coefficient (Wildman–Crippen LogP) is 2.11. The molecule has 0 aliphatic carbocycles. The third-order valence-electron chi connectivity index (χ3n) is 5.39. The molecule has 1 aliphatic rings. The van der Waals surface area contributed by atoms with Gasteiger partial charge in [0.1, 0.15) is 11.7 Å². The maximum Gasteiger partial charge on any atom is 0.295 e. The van der Waals surface area contributed by atoms with Crippen LogP contribution in [0.2, 0.25) is 0 Å². The first-order valence-electron chi connectivity index (χ1n) is 9.44. The lowest BCUT2D eigenvalue weighted by atomic mass is 10.1. The molecule has 3 amide bonds. The number of carbonyl (C=O) groups is 3. The Morgan fingerprint density at radius 2 is 1.43 bits per heavy atom. The minimum Gasteiger partial charge on any atom is -0.318 e. The Bertz CT molecular complexity index is 1200. The van der Waals surface area contributed by atoms with Crippen LogP contribution in [0.3, 0.4) is 0 Å². The number of carbonyl (C=O) groups excluding carboxylic acids is 3. The van der Waals surface area contributed by atoms with Crippen molar-refractivity contribution in [2.45, 2.75) is 19.9 Å². The van der Waals surface area contributed by atoms with Gasteiger partial charge in [0, 0.05) is 7.05 Å². The molecule has 0 bridgehead atoms. The molecule has 1 aromatic heterocycles. The Morgan fingerprint density at radius 3 is 2.00 bits per heavy atom. The summed E-state index contributed by atoms with van der Waals surface area (Å²) in [5, 5.41) is 2.61. The first kappa shape index (κ1) is 19.4. The van der Waals surface area contributed by atoms with Gasteiger partial charge in [-0.1, -0.05) is 30.3 Å². The van der Waals surface area contributed by atoms with Crippen molar-refractivity contribution in [2.75, 3.05) is 5.32 Å². The lowest BCUT2D eigenvalue weighted by Gasteiger charge is -2.21. The third kappa shape index (κ3) is 2.85. The van der Waals surface area contributed by atoms with Crippen LogP contribution in [0.15, 0.2) is 59.4 Å². The predicted molar refractivity (Wildman–Crippen MR) is 111 cm³/mol. The van der Waals surface area contributed by atoms with Crippen LogP contribution in [0, 0.1) is 6.92 Å². The quantitative estimate of drug-likeness (QED) is 0.674. The van der Waals surface area contributed by atoms with Gasteiger partial charge < -0.3 is 5.32 Å². The summed E-state index contributed by atoms with van der Waals surface area (Å²) >= 11 is 0. The standard InChI is InChI=1S/C22H20N4O4/c1-13-18(22(30)26(24(13)3)15-9-5-4-6-10-15)23-19(27)14(2)25-20(28)16-11-7-8-12-17(16)21(25)29/h4-12,14H,1-3H3,(H,23,27). The highest BCUT2D eigenvalue weighted by atomic mass is 16.2. The molecule has 3 aromatic rings. The number of rotatable bonds is 4. The number of nitrogens with one attached hydrogen (secondary N) is 1. The molecule has 0 fully saturated rings. The number of anilines is 1. The number of benzene rings is 2. The molecular formula is C22H20N4O4. The first-order valence-corrected chi connectivity index (χ1v) is 9.44. The number of para-hydroxylation sites is 1. The Kier molecular flexibility index (Phi) is 4.62. The molecule has 1 unspecified atom stereocenters. The monoisotopic (exact) mass is 404 g/mol. The van der Waals surface area contributed by atoms with Crippen molar-refractivity contribution >= 4 is 23.4 Å². The van der Waals surface area contributed by atoms with E-state index in [1.807, 2.05) is 18.2 Å². The minimum atomic E-state index is -1.08. The van der Waals surface area contributed by atoms with Crippen molar-refractivity contribution in [3.8, 4) is 5.69 Å². The van der Waals surface area contributed by atoms with Crippen LogP contribution in [0.1, 0.15) is 33.3 Å². The van der Waals surface area contributed by atoms with E-state index in [4.69, 9.17) is 0 Å². The van der Waals surface area contributed by atoms with Crippen LogP contribution in [0.4, 0.5) is 5.69 Å². The zero-order valence-corrected chi connectivity index (χ0v) is 16.7. The van der Waals surface area contributed by atoms with E-state index in [1.165, 1.54) is 11.6 Å². The van der Waals surface area contributed by atoms with Crippen LogP contribution in [0.25, 0.3) is 5.69 Å². The third-order valence-corrected chi connectivity index (χ3v) is 5.39. The molecule has 0 saturated carbocycles. The average Bonchev–Trinajstić information content (AvgIpc) is 3.13. The van der Waals surface area contributed by atoms with Gasteiger partial charge in [-0.2, -0.15) is 0 Å². The van der Waals surface area contributed by atoms with Crippen molar-refractivity contribution in [3.05, 3.63) is 81.8 Å². The fourth-order valence-electron chi connectivity index (χ4n) is 3.62. The normalized spacial score (nSPS) is 14.0. The van der Waals surface area contributed by atoms with Gasteiger partial charge in [-0.15, -0.1) is 0 Å². The van der Waals surface area contributed by atoms with Gasteiger partial charge in [0.05, 0.1) is 22.5 Å². The van der Waals surface area contributed by atoms with E-state index in [2.05, 4.69) is 5.32 Å². The molecule has 1 aliphatic heterocycles. The number of amides is 3. The SMILES string of the molecule is Cc1c(NC(=O)C(C)N2C(=O)c3ccccc3C2=O)c(=O)n(-c2ccccc2)n1C. The van der Waals surface area contributed by atoms with Gasteiger partial charge in [-0.05, 0) is 38.1 Å². The molecular weight excluding hydrogens is 384 g/mol. The molecule has 30 heavy (non-hydrogen) atoms. The Balaban J connectivity index is 1.63. The van der Waals surface area contributed by atoms with Crippen molar-refractivity contribution < 1.29 is 14.4 Å². The van der Waals surface area contributed by atoms with Gasteiger partial charge in [0.2, 0.25) is 5.91 Å². The van der Waals surface area contributed by atoms with Crippen molar-refractivity contribution in [1.82, 2.24) is 14.3 Å². The second kappa shape index (κ2) is 7.14. The Labute approximate surface area is 172 Å². The van der Waals surface area contributed by atoms with E-state index >= 15 is 0 Å². The fraction of sp³-hybridized carbons (Fsp3) is 0.182. The molecule has 2 heterocycles. The van der Waals surface area contributed by atoms with Crippen molar-refractivity contribution in [3.63, 3.8) is 0 Å². The van der Waals surface area contributed by atoms with Crippen LogP contribution in [0.5, 0.6) is 0 Å². The van der Waals surface area contributed by atoms with Gasteiger partial charge in [0.15, 0.2) is 0 Å². The number of fused-ring (bicyclic) bond motifs is 1. The number of nitrogens with zero attached hydrogens (tertiary/aromatic N) is 3. The lowest BCUT2D eigenvalue weighted by Crippen LogP contribution is -2.45. The summed E-state index contributed by atoms with van der Waals surface area (Å²) in [5.41, 5.74) is 1.45. The molecule has 8 heteroatoms. The van der Waals surface area contributed by atoms with E-state index < -0.39 is 29.3 Å². The molecule has 4 rings (SSSR count). The second-order valence-electron chi connectivity index (χ2n) is 7.13. The van der Waals surface area contributed by atoms with Gasteiger partial charge in [-0.25, -0.2) is 4.68 Å². The molecule has 1 N–H and O–H groups in total. The Hall–Kier alpha value is -3.94. The average molecular weight is 404 g/mol. The topological polar surface area (TPSA) is 93.4 Å². The number of hydrogen-bond donors (Lipinski definition) is 1. The summed E-state index contributed by atoms with van der Waals surface area (Å²) in [6.07, 6.45) is 0. The highest BCUT2D eigenvalue weighted by Gasteiger charge is 2.40. The lowest BCUT2D eigenvalue weighted by molar-refractivity contribution is -0.119. The van der Waals surface area contributed by atoms with Gasteiger partial charge in [-0.3, -0.25) is 28.8 Å². The zero-order chi connectivity index (χ0) is 21.6. The van der Waals surface area contributed by atoms with Gasteiger partial charge >= 0.3 is 0 Å². The van der Waals surface area contributed by atoms with E-state index in [-0.39, 0.29) is 16.8 Å². The summed E-state index contributed by atoms with van der Waals surface area (Å²) in [5.74, 6) is -1.66. The first-order chi connectivity index (χ1) is 14.3. The van der Waals surface area contributed by atoms with Crippen LogP contribution in [-0.4, -0.2) is 38.0 Å². The Morgan fingerprint density at radius 1 is 0.900 bits per heavy atom. The van der Waals surface area contributed by atoms with Gasteiger partial charge in [0.25, 0.3) is 17.4 Å². The zero-order valence-electron chi connectivity index (χ0n) is 16.7. The van der Waals surface area contributed by atoms with E-state index in [1.54, 1.807) is 55.1 Å². The number of hydrogen-bond acceptors (Lipinski definition) is 4. The maximum atomic E-state index is 13.0. The van der Waals surface area contributed by atoms with E-state index in [0.29, 0.717) is 11.4 Å². The molecule has 1 atom stereocenters. The number of aromatic nitrogens is 2. The van der Waals surface area contributed by atoms with Crippen LogP contribution >= 0.6 is 0 Å². The van der Waals surface area contributed by atoms with Crippen LogP contribution < -0.4 is 10.9 Å². The van der Waals surface area contributed by atoms with Crippen LogP contribution in [-0.2, 0) is 11.8 Å². The molecule has 2 aromatic carbocycles. The summed E-state index contributed by atoms with van der Waals surface area (Å²) in [6.45, 7) is 3.17. The highest BCUT2D eigenvalue weighted by molar-refractivity contribution is 6.23. The fourth-order valence-corrected chi connectivity index (χ4v) is 3.62. The largest absolute Gasteiger partial charge is 0.318 e.